The van der Waals surface area contributed by atoms with Crippen LogP contribution in [0.5, 0.6) is 0 Å². The topological polar surface area (TPSA) is 110 Å². The average Bonchev–Trinajstić information content (AvgIpc) is 3.03. The van der Waals surface area contributed by atoms with E-state index in [1.54, 1.807) is 15.6 Å². The molecule has 1 fully saturated rings. The van der Waals surface area contributed by atoms with Gasteiger partial charge in [0.2, 0.25) is 0 Å². The molecule has 1 aliphatic heterocycles. The molecule has 0 bridgehead atoms. The van der Waals surface area contributed by atoms with Gasteiger partial charge in [-0.25, -0.2) is 4.68 Å². The van der Waals surface area contributed by atoms with E-state index in [1.165, 1.54) is 0 Å². The van der Waals surface area contributed by atoms with Crippen molar-refractivity contribution < 1.29 is 9.90 Å². The fourth-order valence-corrected chi connectivity index (χ4v) is 2.65. The molecule has 1 saturated heterocycles. The number of aryl methyl sites for hydroxylation is 2. The van der Waals surface area contributed by atoms with E-state index in [-0.39, 0.29) is 6.54 Å². The maximum Gasteiger partial charge on any atom is 0.251 e. The fourth-order valence-electron chi connectivity index (χ4n) is 2.65. The van der Waals surface area contributed by atoms with Gasteiger partial charge in [0.25, 0.3) is 5.91 Å². The minimum Gasteiger partial charge on any atom is -0.378 e. The van der Waals surface area contributed by atoms with Crippen LogP contribution in [0.2, 0.25) is 0 Å². The van der Waals surface area contributed by atoms with E-state index in [2.05, 4.69) is 15.3 Å². The normalized spacial score (nSPS) is 21.3. The lowest BCUT2D eigenvalue weighted by Crippen LogP contribution is -2.46. The fraction of sp³-hybridized carbons (Fsp3) is 0.429. The average molecular weight is 302 g/mol. The second-order valence-electron chi connectivity index (χ2n) is 5.66. The Kier molecular flexibility index (Phi) is 3.32. The third-order valence-electron chi connectivity index (χ3n) is 3.89. The van der Waals surface area contributed by atoms with Crippen LogP contribution in [-0.4, -0.2) is 49.7 Å². The number of aromatic nitrogens is 4. The molecule has 8 nitrogen and oxygen atoms in total. The zero-order valence-electron chi connectivity index (χ0n) is 12.5. The summed E-state index contributed by atoms with van der Waals surface area (Å²) in [6.07, 6.45) is 0.295. The van der Waals surface area contributed by atoms with Gasteiger partial charge < -0.3 is 15.7 Å². The number of hydrogen-bond donors (Lipinski definition) is 2. The number of nitrogens with zero attached hydrogens (tertiary/aromatic N) is 5. The van der Waals surface area contributed by atoms with Gasteiger partial charge in [-0.15, -0.1) is 10.2 Å². The summed E-state index contributed by atoms with van der Waals surface area (Å²) in [4.78, 5) is 13.1. The van der Waals surface area contributed by atoms with Crippen molar-refractivity contribution in [2.24, 2.45) is 5.73 Å². The van der Waals surface area contributed by atoms with Crippen molar-refractivity contribution in [1.29, 1.82) is 0 Å². The van der Waals surface area contributed by atoms with Crippen LogP contribution in [0.15, 0.2) is 18.2 Å². The van der Waals surface area contributed by atoms with Crippen molar-refractivity contribution in [1.82, 2.24) is 20.0 Å². The number of rotatable bonds is 3. The summed E-state index contributed by atoms with van der Waals surface area (Å²) in [6, 6.07) is 5.57. The predicted octanol–water partition coefficient (Wildman–Crippen LogP) is -0.294. The number of aliphatic hydroxyl groups is 1. The summed E-state index contributed by atoms with van der Waals surface area (Å²) in [5, 5.41) is 22.8. The molecule has 2 aromatic heterocycles. The highest BCUT2D eigenvalue weighted by molar-refractivity contribution is 5.84. The molecule has 2 aromatic rings. The van der Waals surface area contributed by atoms with Gasteiger partial charge in [-0.2, -0.15) is 5.10 Å². The van der Waals surface area contributed by atoms with Crippen molar-refractivity contribution in [3.05, 3.63) is 29.6 Å². The molecule has 0 aromatic carbocycles. The Hall–Kier alpha value is -2.48. The van der Waals surface area contributed by atoms with E-state index in [1.807, 2.05) is 26.0 Å². The largest absolute Gasteiger partial charge is 0.378 e. The van der Waals surface area contributed by atoms with Gasteiger partial charge in [0.15, 0.2) is 17.2 Å². The van der Waals surface area contributed by atoms with Crippen LogP contribution in [0.1, 0.15) is 17.8 Å². The molecular weight excluding hydrogens is 284 g/mol. The second kappa shape index (κ2) is 5.06. The number of primary amides is 1. The van der Waals surface area contributed by atoms with Crippen molar-refractivity contribution in [2.75, 3.05) is 18.0 Å². The Balaban J connectivity index is 1.81. The Bertz CT molecular complexity index is 711. The molecule has 3 N–H and O–H groups in total. The molecule has 0 aliphatic carbocycles. The van der Waals surface area contributed by atoms with Gasteiger partial charge in [-0.3, -0.25) is 4.79 Å². The van der Waals surface area contributed by atoms with Gasteiger partial charge in [0, 0.05) is 18.7 Å². The SMILES string of the molecule is Cc1cc(C)n(-c2ccc(N3CCC(O)(C(N)=O)C3)nn2)n1. The predicted molar refractivity (Wildman–Crippen MR) is 79.6 cm³/mol. The van der Waals surface area contributed by atoms with Crippen molar-refractivity contribution in [3.63, 3.8) is 0 Å². The highest BCUT2D eigenvalue weighted by atomic mass is 16.3. The molecule has 0 spiro atoms. The minimum absolute atomic E-state index is 0.135. The van der Waals surface area contributed by atoms with Gasteiger partial charge in [0.05, 0.1) is 12.2 Å². The summed E-state index contributed by atoms with van der Waals surface area (Å²) in [7, 11) is 0. The van der Waals surface area contributed by atoms with E-state index in [9.17, 15) is 9.90 Å². The number of hydrogen-bond acceptors (Lipinski definition) is 6. The van der Waals surface area contributed by atoms with Crippen LogP contribution < -0.4 is 10.6 Å². The number of carbonyl (C=O) groups excluding carboxylic acids is 1. The Morgan fingerprint density at radius 1 is 1.32 bits per heavy atom. The summed E-state index contributed by atoms with van der Waals surface area (Å²) in [5.41, 5.74) is 5.63. The van der Waals surface area contributed by atoms with E-state index in [0.717, 1.165) is 11.4 Å². The molecule has 3 heterocycles. The lowest BCUT2D eigenvalue weighted by Gasteiger charge is -2.20. The first-order chi connectivity index (χ1) is 10.4. The van der Waals surface area contributed by atoms with E-state index >= 15 is 0 Å². The third-order valence-corrected chi connectivity index (χ3v) is 3.89. The summed E-state index contributed by atoms with van der Waals surface area (Å²) in [5.74, 6) is 0.517. The van der Waals surface area contributed by atoms with Gasteiger partial charge in [-0.05, 0) is 32.0 Å². The maximum absolute atomic E-state index is 11.3. The maximum atomic E-state index is 11.3. The number of amides is 1. The second-order valence-corrected chi connectivity index (χ2v) is 5.66. The summed E-state index contributed by atoms with van der Waals surface area (Å²) < 4.78 is 1.72. The first-order valence-electron chi connectivity index (χ1n) is 7.04. The standard InChI is InChI=1S/C14H18N6O2/c1-9-7-10(2)20(18-9)12-4-3-11(16-17-12)19-6-5-14(22,8-19)13(15)21/h3-4,7,22H,5-6,8H2,1-2H3,(H2,15,21). The first kappa shape index (κ1) is 14.5. The minimum atomic E-state index is -1.49. The van der Waals surface area contributed by atoms with Gasteiger partial charge in [-0.1, -0.05) is 0 Å². The highest BCUT2D eigenvalue weighted by Crippen LogP contribution is 2.25. The van der Waals surface area contributed by atoms with E-state index in [4.69, 9.17) is 5.73 Å². The lowest BCUT2D eigenvalue weighted by atomic mass is 10.0. The molecule has 1 aliphatic rings. The third kappa shape index (κ3) is 2.41. The van der Waals surface area contributed by atoms with Gasteiger partial charge >= 0.3 is 0 Å². The summed E-state index contributed by atoms with van der Waals surface area (Å²) in [6.45, 7) is 4.51. The van der Waals surface area contributed by atoms with Gasteiger partial charge in [0.1, 0.15) is 0 Å². The molecule has 1 amide bonds. The van der Waals surface area contributed by atoms with E-state index < -0.39 is 11.5 Å². The van der Waals surface area contributed by atoms with E-state index in [0.29, 0.717) is 24.6 Å². The molecule has 22 heavy (non-hydrogen) atoms. The molecule has 3 rings (SSSR count). The molecule has 116 valence electrons. The van der Waals surface area contributed by atoms with Crippen molar-refractivity contribution >= 4 is 11.7 Å². The van der Waals surface area contributed by atoms with Crippen molar-refractivity contribution in [3.8, 4) is 5.82 Å². The van der Waals surface area contributed by atoms with Crippen molar-refractivity contribution in [2.45, 2.75) is 25.9 Å². The zero-order valence-corrected chi connectivity index (χ0v) is 12.5. The quantitative estimate of drug-likeness (QED) is 0.806. The highest BCUT2D eigenvalue weighted by Gasteiger charge is 2.41. The Morgan fingerprint density at radius 3 is 2.50 bits per heavy atom. The van der Waals surface area contributed by atoms with Crippen LogP contribution in [0.3, 0.4) is 0 Å². The summed E-state index contributed by atoms with van der Waals surface area (Å²) >= 11 is 0. The Labute approximate surface area is 127 Å². The molecule has 0 radical (unpaired) electrons. The molecular formula is C14H18N6O2. The zero-order chi connectivity index (χ0) is 15.9. The number of nitrogens with two attached hydrogens (primary N) is 1. The van der Waals surface area contributed by atoms with Crippen LogP contribution in [0, 0.1) is 13.8 Å². The molecule has 1 atom stereocenters. The monoisotopic (exact) mass is 302 g/mol. The van der Waals surface area contributed by atoms with Crippen LogP contribution in [-0.2, 0) is 4.79 Å². The smallest absolute Gasteiger partial charge is 0.251 e. The van der Waals surface area contributed by atoms with Crippen LogP contribution in [0.25, 0.3) is 5.82 Å². The Morgan fingerprint density at radius 2 is 2.00 bits per heavy atom. The first-order valence-corrected chi connectivity index (χ1v) is 7.04. The number of β-amino-alcohol motifs (C(OH)–C–C–N with tert-alkyl or cyclic N) is 1. The lowest BCUT2D eigenvalue weighted by molar-refractivity contribution is -0.134. The number of carbonyl (C=O) groups is 1. The molecule has 1 unspecified atom stereocenters. The van der Waals surface area contributed by atoms with Crippen LogP contribution >= 0.6 is 0 Å². The number of anilines is 1. The van der Waals surface area contributed by atoms with Crippen LogP contribution in [0.4, 0.5) is 5.82 Å². The molecule has 8 heteroatoms. The molecule has 0 saturated carbocycles.